The summed E-state index contributed by atoms with van der Waals surface area (Å²) < 4.78 is 5.77. The third-order valence-corrected chi connectivity index (χ3v) is 4.23. The normalized spacial score (nSPS) is 16.2. The Bertz CT molecular complexity index is 459. The second-order valence-electron chi connectivity index (χ2n) is 7.05. The molecule has 22 heavy (non-hydrogen) atoms. The van der Waals surface area contributed by atoms with Crippen LogP contribution in [-0.4, -0.2) is 41.8 Å². The van der Waals surface area contributed by atoms with Crippen LogP contribution < -0.4 is 4.74 Å². The van der Waals surface area contributed by atoms with E-state index in [1.807, 2.05) is 0 Å². The fourth-order valence-electron chi connectivity index (χ4n) is 2.97. The average molecular weight is 305 g/mol. The monoisotopic (exact) mass is 305 g/mol. The summed E-state index contributed by atoms with van der Waals surface area (Å²) in [6, 6.07) is 6.50. The van der Waals surface area contributed by atoms with Gasteiger partial charge in [0.05, 0.1) is 5.60 Å². The van der Waals surface area contributed by atoms with E-state index in [4.69, 9.17) is 4.74 Å². The lowest BCUT2D eigenvalue weighted by molar-refractivity contribution is 0.0282. The van der Waals surface area contributed by atoms with Crippen LogP contribution in [0.25, 0.3) is 0 Å². The summed E-state index contributed by atoms with van der Waals surface area (Å²) in [5.41, 5.74) is 1.84. The molecule has 0 atom stereocenters. The minimum Gasteiger partial charge on any atom is -0.490 e. The smallest absolute Gasteiger partial charge is 0.122 e. The van der Waals surface area contributed by atoms with E-state index < -0.39 is 5.60 Å². The molecule has 0 saturated carbocycles. The van der Waals surface area contributed by atoms with Gasteiger partial charge in [0.25, 0.3) is 0 Å². The standard InChI is InChI=1S/C19H31NO2/c1-4-17-14-16(8-7-13-20-11-5-6-12-20)9-10-18(17)22-15-19(2,3)21/h9-10,14,21H,4-8,11-13,15H2,1-3H3. The maximum absolute atomic E-state index is 9.79. The molecular weight excluding hydrogens is 274 g/mol. The van der Waals surface area contributed by atoms with Crippen LogP contribution in [0.3, 0.4) is 0 Å². The summed E-state index contributed by atoms with van der Waals surface area (Å²) in [6.07, 6.45) is 6.06. The zero-order chi connectivity index (χ0) is 16.0. The van der Waals surface area contributed by atoms with Crippen LogP contribution in [0.2, 0.25) is 0 Å². The van der Waals surface area contributed by atoms with E-state index in [0.717, 1.165) is 18.6 Å². The fourth-order valence-corrected chi connectivity index (χ4v) is 2.97. The summed E-state index contributed by atoms with van der Waals surface area (Å²) >= 11 is 0. The van der Waals surface area contributed by atoms with Crippen molar-refractivity contribution in [3.63, 3.8) is 0 Å². The molecule has 3 nitrogen and oxygen atoms in total. The van der Waals surface area contributed by atoms with Crippen molar-refractivity contribution < 1.29 is 9.84 Å². The Morgan fingerprint density at radius 3 is 2.59 bits per heavy atom. The Morgan fingerprint density at radius 2 is 1.95 bits per heavy atom. The van der Waals surface area contributed by atoms with Crippen LogP contribution >= 0.6 is 0 Å². The average Bonchev–Trinajstić information content (AvgIpc) is 2.98. The predicted molar refractivity (Wildman–Crippen MR) is 91.6 cm³/mol. The molecule has 0 bridgehead atoms. The third-order valence-electron chi connectivity index (χ3n) is 4.23. The number of aryl methyl sites for hydroxylation is 2. The van der Waals surface area contributed by atoms with Gasteiger partial charge in [0.1, 0.15) is 12.4 Å². The maximum atomic E-state index is 9.79. The highest BCUT2D eigenvalue weighted by Gasteiger charge is 2.15. The number of rotatable bonds is 8. The number of benzene rings is 1. The van der Waals surface area contributed by atoms with Crippen LogP contribution in [0.15, 0.2) is 18.2 Å². The Morgan fingerprint density at radius 1 is 1.23 bits per heavy atom. The predicted octanol–water partition coefficient (Wildman–Crippen LogP) is 3.43. The molecule has 1 aliphatic rings. The molecule has 1 aromatic carbocycles. The summed E-state index contributed by atoms with van der Waals surface area (Å²) in [5.74, 6) is 0.910. The summed E-state index contributed by atoms with van der Waals surface area (Å²) in [7, 11) is 0. The van der Waals surface area contributed by atoms with Gasteiger partial charge in [-0.15, -0.1) is 0 Å². The van der Waals surface area contributed by atoms with Crippen molar-refractivity contribution in [1.29, 1.82) is 0 Å². The summed E-state index contributed by atoms with van der Waals surface area (Å²) in [6.45, 7) is 9.80. The number of hydrogen-bond donors (Lipinski definition) is 1. The van der Waals surface area contributed by atoms with Crippen LogP contribution in [-0.2, 0) is 12.8 Å². The Labute approximate surface area is 135 Å². The lowest BCUT2D eigenvalue weighted by atomic mass is 10.0. The van der Waals surface area contributed by atoms with E-state index in [0.29, 0.717) is 6.61 Å². The van der Waals surface area contributed by atoms with Gasteiger partial charge >= 0.3 is 0 Å². The molecule has 0 radical (unpaired) electrons. The molecule has 124 valence electrons. The second kappa shape index (κ2) is 7.98. The highest BCUT2D eigenvalue weighted by Crippen LogP contribution is 2.23. The van der Waals surface area contributed by atoms with Crippen molar-refractivity contribution >= 4 is 0 Å². The van der Waals surface area contributed by atoms with Crippen molar-refractivity contribution in [2.45, 2.75) is 58.5 Å². The van der Waals surface area contributed by atoms with Crippen molar-refractivity contribution in [2.75, 3.05) is 26.2 Å². The first kappa shape index (κ1) is 17.3. The van der Waals surface area contributed by atoms with Crippen molar-refractivity contribution in [3.05, 3.63) is 29.3 Å². The number of nitrogens with zero attached hydrogens (tertiary/aromatic N) is 1. The lowest BCUT2D eigenvalue weighted by Gasteiger charge is -2.20. The Hall–Kier alpha value is -1.06. The van der Waals surface area contributed by atoms with Crippen LogP contribution in [0.1, 0.15) is 51.2 Å². The second-order valence-corrected chi connectivity index (χ2v) is 7.05. The van der Waals surface area contributed by atoms with E-state index in [1.165, 1.54) is 50.0 Å². The van der Waals surface area contributed by atoms with E-state index in [9.17, 15) is 5.11 Å². The first-order valence-electron chi connectivity index (χ1n) is 8.67. The largest absolute Gasteiger partial charge is 0.490 e. The van der Waals surface area contributed by atoms with Crippen LogP contribution in [0.5, 0.6) is 5.75 Å². The topological polar surface area (TPSA) is 32.7 Å². The molecule has 2 rings (SSSR count). The zero-order valence-electron chi connectivity index (χ0n) is 14.4. The summed E-state index contributed by atoms with van der Waals surface area (Å²) in [4.78, 5) is 2.57. The van der Waals surface area contributed by atoms with Gasteiger partial charge in [0.15, 0.2) is 0 Å². The molecule has 1 aromatic rings. The first-order valence-corrected chi connectivity index (χ1v) is 8.67. The number of aliphatic hydroxyl groups is 1. The molecule has 0 aliphatic carbocycles. The minimum absolute atomic E-state index is 0.328. The molecule has 0 unspecified atom stereocenters. The molecular formula is C19H31NO2. The molecule has 0 amide bonds. The quantitative estimate of drug-likeness (QED) is 0.799. The van der Waals surface area contributed by atoms with Gasteiger partial charge in [0.2, 0.25) is 0 Å². The maximum Gasteiger partial charge on any atom is 0.122 e. The van der Waals surface area contributed by atoms with E-state index in [-0.39, 0.29) is 0 Å². The van der Waals surface area contributed by atoms with Gasteiger partial charge in [-0.3, -0.25) is 0 Å². The van der Waals surface area contributed by atoms with E-state index in [2.05, 4.69) is 30.0 Å². The van der Waals surface area contributed by atoms with E-state index >= 15 is 0 Å². The highest BCUT2D eigenvalue weighted by atomic mass is 16.5. The van der Waals surface area contributed by atoms with Gasteiger partial charge in [0, 0.05) is 0 Å². The van der Waals surface area contributed by atoms with Crippen LogP contribution in [0, 0.1) is 0 Å². The molecule has 1 fully saturated rings. The highest BCUT2D eigenvalue weighted by molar-refractivity contribution is 5.37. The third kappa shape index (κ3) is 5.62. The Balaban J connectivity index is 1.87. The number of likely N-dealkylation sites (tertiary alicyclic amines) is 1. The molecule has 1 heterocycles. The first-order chi connectivity index (χ1) is 10.5. The van der Waals surface area contributed by atoms with Crippen molar-refractivity contribution in [3.8, 4) is 5.75 Å². The van der Waals surface area contributed by atoms with Gasteiger partial charge in [-0.2, -0.15) is 0 Å². The Kier molecular flexibility index (Phi) is 6.27. The molecule has 3 heteroatoms. The molecule has 1 aliphatic heterocycles. The zero-order valence-corrected chi connectivity index (χ0v) is 14.4. The van der Waals surface area contributed by atoms with Gasteiger partial charge in [-0.25, -0.2) is 0 Å². The van der Waals surface area contributed by atoms with Gasteiger partial charge < -0.3 is 14.7 Å². The fraction of sp³-hybridized carbons (Fsp3) is 0.684. The molecule has 0 aromatic heterocycles. The SMILES string of the molecule is CCc1cc(CCCN2CCCC2)ccc1OCC(C)(C)O. The van der Waals surface area contributed by atoms with Gasteiger partial charge in [-0.05, 0) is 82.8 Å². The van der Waals surface area contributed by atoms with Crippen LogP contribution in [0.4, 0.5) is 0 Å². The minimum atomic E-state index is -0.792. The van der Waals surface area contributed by atoms with Gasteiger partial charge in [-0.1, -0.05) is 19.1 Å². The van der Waals surface area contributed by atoms with Crippen molar-refractivity contribution in [2.24, 2.45) is 0 Å². The van der Waals surface area contributed by atoms with E-state index in [1.54, 1.807) is 13.8 Å². The molecule has 0 spiro atoms. The lowest BCUT2D eigenvalue weighted by Crippen LogP contribution is -2.28. The summed E-state index contributed by atoms with van der Waals surface area (Å²) in [5, 5.41) is 9.79. The van der Waals surface area contributed by atoms with Crippen molar-refractivity contribution in [1.82, 2.24) is 4.90 Å². The number of ether oxygens (including phenoxy) is 1. The molecule has 1 N–H and O–H groups in total. The molecule has 1 saturated heterocycles. The number of hydrogen-bond acceptors (Lipinski definition) is 3.